The van der Waals surface area contributed by atoms with E-state index in [4.69, 9.17) is 9.84 Å². The third kappa shape index (κ3) is 2.93. The van der Waals surface area contributed by atoms with Gasteiger partial charge in [-0.2, -0.15) is 0 Å². The molecule has 0 saturated carbocycles. The Balaban J connectivity index is 2.22. The van der Waals surface area contributed by atoms with Crippen LogP contribution in [0.3, 0.4) is 0 Å². The molecule has 0 aliphatic heterocycles. The quantitative estimate of drug-likeness (QED) is 0.894. The van der Waals surface area contributed by atoms with Crippen molar-refractivity contribution in [3.05, 3.63) is 36.2 Å². The van der Waals surface area contributed by atoms with Gasteiger partial charge in [0.25, 0.3) is 0 Å². The summed E-state index contributed by atoms with van der Waals surface area (Å²) < 4.78 is 7.03. The number of hydrogen-bond donors (Lipinski definition) is 1. The summed E-state index contributed by atoms with van der Waals surface area (Å²) in [4.78, 5) is 14.9. The summed E-state index contributed by atoms with van der Waals surface area (Å²) in [6.45, 7) is 0. The fourth-order valence-corrected chi connectivity index (χ4v) is 1.92. The maximum absolute atomic E-state index is 10.6. The predicted molar refractivity (Wildman–Crippen MR) is 71.2 cm³/mol. The van der Waals surface area contributed by atoms with E-state index in [-0.39, 0.29) is 6.42 Å². The monoisotopic (exact) mass is 260 g/mol. The lowest BCUT2D eigenvalue weighted by Crippen LogP contribution is -2.03. The van der Waals surface area contributed by atoms with E-state index in [1.807, 2.05) is 35.9 Å². The maximum Gasteiger partial charge on any atom is 0.303 e. The van der Waals surface area contributed by atoms with Crippen LogP contribution in [0.4, 0.5) is 0 Å². The lowest BCUT2D eigenvalue weighted by molar-refractivity contribution is -0.136. The van der Waals surface area contributed by atoms with Crippen LogP contribution in [-0.2, 0) is 18.3 Å². The number of ether oxygens (including phenoxy) is 1. The summed E-state index contributed by atoms with van der Waals surface area (Å²) in [5.74, 6) is 0.819. The summed E-state index contributed by atoms with van der Waals surface area (Å²) in [5.41, 5.74) is 1.89. The second-order valence-electron chi connectivity index (χ2n) is 4.25. The molecular weight excluding hydrogens is 244 g/mol. The van der Waals surface area contributed by atoms with Gasteiger partial charge in [0.2, 0.25) is 0 Å². The van der Waals surface area contributed by atoms with Gasteiger partial charge in [0, 0.05) is 24.5 Å². The van der Waals surface area contributed by atoms with Crippen LogP contribution in [0, 0.1) is 0 Å². The molecular formula is C14H16N2O3. The molecule has 0 atom stereocenters. The molecule has 1 aromatic carbocycles. The molecule has 5 nitrogen and oxygen atoms in total. The van der Waals surface area contributed by atoms with Crippen LogP contribution >= 0.6 is 0 Å². The molecule has 5 heteroatoms. The standard InChI is InChI=1S/C14H16N2O3/c1-16-11(5-8-13(17)18)9-15-14(16)10-3-6-12(19-2)7-4-10/h3-4,6-7,9H,5,8H2,1-2H3,(H,17,18). The van der Waals surface area contributed by atoms with Gasteiger partial charge in [-0.1, -0.05) is 0 Å². The van der Waals surface area contributed by atoms with E-state index >= 15 is 0 Å². The maximum atomic E-state index is 10.6. The van der Waals surface area contributed by atoms with Gasteiger partial charge in [0.05, 0.1) is 13.5 Å². The van der Waals surface area contributed by atoms with E-state index in [0.29, 0.717) is 6.42 Å². The summed E-state index contributed by atoms with van der Waals surface area (Å²) >= 11 is 0. The molecule has 0 saturated heterocycles. The summed E-state index contributed by atoms with van der Waals surface area (Å²) in [5, 5.41) is 8.70. The van der Waals surface area contributed by atoms with Crippen LogP contribution in [0.15, 0.2) is 30.5 Å². The normalized spacial score (nSPS) is 10.4. The Labute approximate surface area is 111 Å². The van der Waals surface area contributed by atoms with Crippen molar-refractivity contribution in [1.29, 1.82) is 0 Å². The van der Waals surface area contributed by atoms with E-state index in [0.717, 1.165) is 22.8 Å². The lowest BCUT2D eigenvalue weighted by atomic mass is 10.2. The van der Waals surface area contributed by atoms with E-state index in [1.165, 1.54) is 0 Å². The highest BCUT2D eigenvalue weighted by atomic mass is 16.5. The number of aromatic nitrogens is 2. The highest BCUT2D eigenvalue weighted by Crippen LogP contribution is 2.22. The number of hydrogen-bond acceptors (Lipinski definition) is 3. The number of aryl methyl sites for hydroxylation is 1. The number of rotatable bonds is 5. The molecule has 100 valence electrons. The van der Waals surface area contributed by atoms with Crippen LogP contribution in [-0.4, -0.2) is 27.7 Å². The van der Waals surface area contributed by atoms with Gasteiger partial charge in [0.15, 0.2) is 0 Å². The van der Waals surface area contributed by atoms with Gasteiger partial charge in [-0.15, -0.1) is 0 Å². The van der Waals surface area contributed by atoms with Crippen LogP contribution < -0.4 is 4.74 Å². The van der Waals surface area contributed by atoms with Crippen molar-refractivity contribution in [2.24, 2.45) is 7.05 Å². The molecule has 1 heterocycles. The topological polar surface area (TPSA) is 64.3 Å². The Morgan fingerprint density at radius 2 is 2.05 bits per heavy atom. The molecule has 0 aliphatic rings. The first-order chi connectivity index (χ1) is 9.11. The number of nitrogens with zero attached hydrogens (tertiary/aromatic N) is 2. The van der Waals surface area contributed by atoms with Crippen molar-refractivity contribution in [2.75, 3.05) is 7.11 Å². The van der Waals surface area contributed by atoms with Gasteiger partial charge in [0.1, 0.15) is 11.6 Å². The Hall–Kier alpha value is -2.30. The number of methoxy groups -OCH3 is 1. The van der Waals surface area contributed by atoms with Crippen LogP contribution in [0.5, 0.6) is 5.75 Å². The van der Waals surface area contributed by atoms with Crippen molar-refractivity contribution in [3.63, 3.8) is 0 Å². The zero-order chi connectivity index (χ0) is 13.8. The second-order valence-corrected chi connectivity index (χ2v) is 4.25. The smallest absolute Gasteiger partial charge is 0.303 e. The van der Waals surface area contributed by atoms with Crippen LogP contribution in [0.25, 0.3) is 11.4 Å². The zero-order valence-electron chi connectivity index (χ0n) is 11.0. The average molecular weight is 260 g/mol. The number of carboxylic acids is 1. The molecule has 19 heavy (non-hydrogen) atoms. The SMILES string of the molecule is COc1ccc(-c2ncc(CCC(=O)O)n2C)cc1. The van der Waals surface area contributed by atoms with Gasteiger partial charge < -0.3 is 14.4 Å². The molecule has 0 spiro atoms. The average Bonchev–Trinajstić information content (AvgIpc) is 2.78. The molecule has 1 aromatic heterocycles. The largest absolute Gasteiger partial charge is 0.497 e. The first-order valence-electron chi connectivity index (χ1n) is 5.98. The van der Waals surface area contributed by atoms with E-state index < -0.39 is 5.97 Å². The fourth-order valence-electron chi connectivity index (χ4n) is 1.92. The highest BCUT2D eigenvalue weighted by molar-refractivity contribution is 5.67. The minimum Gasteiger partial charge on any atom is -0.497 e. The van der Waals surface area contributed by atoms with Gasteiger partial charge >= 0.3 is 5.97 Å². The summed E-state index contributed by atoms with van der Waals surface area (Å²) in [6, 6.07) is 7.62. The third-order valence-corrected chi connectivity index (χ3v) is 3.03. The minimum absolute atomic E-state index is 0.113. The van der Waals surface area contributed by atoms with Gasteiger partial charge in [-0.3, -0.25) is 4.79 Å². The number of carboxylic acid groups (broad SMARTS) is 1. The van der Waals surface area contributed by atoms with Crippen molar-refractivity contribution in [2.45, 2.75) is 12.8 Å². The van der Waals surface area contributed by atoms with Crippen LogP contribution in [0.2, 0.25) is 0 Å². The molecule has 0 fully saturated rings. The molecule has 0 amide bonds. The Kier molecular flexibility index (Phi) is 3.85. The lowest BCUT2D eigenvalue weighted by Gasteiger charge is -2.06. The molecule has 0 aliphatic carbocycles. The van der Waals surface area contributed by atoms with Crippen molar-refractivity contribution < 1.29 is 14.6 Å². The molecule has 0 radical (unpaired) electrons. The third-order valence-electron chi connectivity index (χ3n) is 3.03. The molecule has 1 N–H and O–H groups in total. The van der Waals surface area contributed by atoms with E-state index in [1.54, 1.807) is 13.3 Å². The van der Waals surface area contributed by atoms with E-state index in [2.05, 4.69) is 4.98 Å². The fraction of sp³-hybridized carbons (Fsp3) is 0.286. The summed E-state index contributed by atoms with van der Waals surface area (Å²) in [7, 11) is 3.52. The second kappa shape index (κ2) is 5.56. The van der Waals surface area contributed by atoms with Gasteiger partial charge in [-0.25, -0.2) is 4.98 Å². The number of imidazole rings is 1. The first-order valence-corrected chi connectivity index (χ1v) is 5.98. The highest BCUT2D eigenvalue weighted by Gasteiger charge is 2.10. The Bertz CT molecular complexity index is 573. The van der Waals surface area contributed by atoms with E-state index in [9.17, 15) is 4.79 Å². The summed E-state index contributed by atoms with van der Waals surface area (Å²) in [6.07, 6.45) is 2.32. The minimum atomic E-state index is -0.799. The molecule has 0 unspecified atom stereocenters. The Morgan fingerprint density at radius 1 is 1.37 bits per heavy atom. The Morgan fingerprint density at radius 3 is 2.63 bits per heavy atom. The predicted octanol–water partition coefficient (Wildman–Crippen LogP) is 2.11. The van der Waals surface area contributed by atoms with Crippen molar-refractivity contribution >= 4 is 5.97 Å². The number of benzene rings is 1. The first kappa shape index (κ1) is 13.1. The van der Waals surface area contributed by atoms with Crippen LogP contribution in [0.1, 0.15) is 12.1 Å². The zero-order valence-corrected chi connectivity index (χ0v) is 11.0. The molecule has 0 bridgehead atoms. The number of carbonyl (C=O) groups is 1. The molecule has 2 aromatic rings. The van der Waals surface area contributed by atoms with Crippen molar-refractivity contribution in [3.8, 4) is 17.1 Å². The number of aliphatic carboxylic acids is 1. The molecule has 2 rings (SSSR count). The van der Waals surface area contributed by atoms with Crippen molar-refractivity contribution in [1.82, 2.24) is 9.55 Å². The van der Waals surface area contributed by atoms with Gasteiger partial charge in [-0.05, 0) is 30.7 Å².